The molecule has 0 unspecified atom stereocenters. The third kappa shape index (κ3) is 3.19. The van der Waals surface area contributed by atoms with E-state index in [1.807, 2.05) is 18.7 Å². The van der Waals surface area contributed by atoms with E-state index in [9.17, 15) is 0 Å². The van der Waals surface area contributed by atoms with Crippen molar-refractivity contribution in [1.29, 1.82) is 0 Å². The normalized spacial score (nSPS) is 10.7. The molecular weight excluding hydrogens is 162 g/mol. The first-order chi connectivity index (χ1) is 6.24. The Labute approximate surface area is 80.1 Å². The van der Waals surface area contributed by atoms with Gasteiger partial charge in [0.25, 0.3) is 0 Å². The molecule has 1 N–H and O–H groups in total. The maximum absolute atomic E-state index is 4.30. The molecule has 0 spiro atoms. The monoisotopic (exact) mass is 181 g/mol. The fraction of sp³-hybridized carbons (Fsp3) is 0.700. The second kappa shape index (κ2) is 5.02. The Morgan fingerprint density at radius 3 is 2.77 bits per heavy atom. The molecule has 0 saturated carbocycles. The largest absolute Gasteiger partial charge is 0.316 e. The lowest BCUT2D eigenvalue weighted by Crippen LogP contribution is -2.18. The number of hydrogen-bond acceptors (Lipinski definition) is 2. The average molecular weight is 181 g/mol. The second-order valence-electron chi connectivity index (χ2n) is 3.40. The summed E-state index contributed by atoms with van der Waals surface area (Å²) in [6, 6.07) is 2.15. The first-order valence-corrected chi connectivity index (χ1v) is 4.94. The van der Waals surface area contributed by atoms with Gasteiger partial charge in [-0.05, 0) is 26.0 Å². The number of aromatic nitrogens is 2. The summed E-state index contributed by atoms with van der Waals surface area (Å²) in [7, 11) is 2.00. The Bertz CT molecular complexity index is 253. The second-order valence-corrected chi connectivity index (χ2v) is 3.40. The van der Waals surface area contributed by atoms with Crippen LogP contribution < -0.4 is 5.32 Å². The van der Waals surface area contributed by atoms with Gasteiger partial charge in [-0.2, -0.15) is 5.10 Å². The summed E-state index contributed by atoms with van der Waals surface area (Å²) in [5.74, 6) is 0. The first-order valence-electron chi connectivity index (χ1n) is 4.94. The Hall–Kier alpha value is -0.830. The van der Waals surface area contributed by atoms with Crippen molar-refractivity contribution >= 4 is 0 Å². The van der Waals surface area contributed by atoms with Crippen molar-refractivity contribution in [2.45, 2.75) is 26.7 Å². The quantitative estimate of drug-likeness (QED) is 0.693. The van der Waals surface area contributed by atoms with E-state index < -0.39 is 0 Å². The van der Waals surface area contributed by atoms with Gasteiger partial charge in [0.05, 0.1) is 5.69 Å². The zero-order chi connectivity index (χ0) is 9.68. The van der Waals surface area contributed by atoms with Crippen molar-refractivity contribution < 1.29 is 0 Å². The van der Waals surface area contributed by atoms with Crippen molar-refractivity contribution in [2.75, 3.05) is 13.1 Å². The highest BCUT2D eigenvalue weighted by Gasteiger charge is 2.00. The Morgan fingerprint density at radius 1 is 1.46 bits per heavy atom. The van der Waals surface area contributed by atoms with E-state index in [1.54, 1.807) is 0 Å². The van der Waals surface area contributed by atoms with Crippen molar-refractivity contribution in [1.82, 2.24) is 15.1 Å². The molecule has 1 heterocycles. The SMILES string of the molecule is CCCNCCc1cc(C)nn1C. The zero-order valence-electron chi connectivity index (χ0n) is 8.80. The molecule has 0 aromatic carbocycles. The topological polar surface area (TPSA) is 29.9 Å². The first kappa shape index (κ1) is 10.3. The fourth-order valence-corrected chi connectivity index (χ4v) is 1.42. The molecule has 74 valence electrons. The summed E-state index contributed by atoms with van der Waals surface area (Å²) >= 11 is 0. The lowest BCUT2D eigenvalue weighted by atomic mass is 10.3. The molecule has 0 fully saturated rings. The molecule has 0 atom stereocenters. The maximum atomic E-state index is 4.30. The van der Waals surface area contributed by atoms with E-state index in [0.717, 1.165) is 25.2 Å². The predicted molar refractivity (Wildman–Crippen MR) is 54.8 cm³/mol. The van der Waals surface area contributed by atoms with Gasteiger partial charge >= 0.3 is 0 Å². The minimum atomic E-state index is 1.05. The molecule has 0 amide bonds. The van der Waals surface area contributed by atoms with E-state index >= 15 is 0 Å². The van der Waals surface area contributed by atoms with Crippen molar-refractivity contribution in [3.8, 4) is 0 Å². The summed E-state index contributed by atoms with van der Waals surface area (Å²) in [6.07, 6.45) is 2.27. The Morgan fingerprint density at radius 2 is 2.23 bits per heavy atom. The number of hydrogen-bond donors (Lipinski definition) is 1. The van der Waals surface area contributed by atoms with Crippen LogP contribution in [0.2, 0.25) is 0 Å². The van der Waals surface area contributed by atoms with Gasteiger partial charge < -0.3 is 5.32 Å². The zero-order valence-corrected chi connectivity index (χ0v) is 8.80. The van der Waals surface area contributed by atoms with Gasteiger partial charge in [-0.15, -0.1) is 0 Å². The highest BCUT2D eigenvalue weighted by molar-refractivity contribution is 5.08. The standard InChI is InChI=1S/C10H19N3/c1-4-6-11-7-5-10-8-9(2)12-13(10)3/h8,11H,4-7H2,1-3H3. The Kier molecular flexibility index (Phi) is 3.96. The summed E-state index contributed by atoms with van der Waals surface area (Å²) < 4.78 is 1.96. The smallest absolute Gasteiger partial charge is 0.0596 e. The summed E-state index contributed by atoms with van der Waals surface area (Å²) in [6.45, 7) is 6.37. The van der Waals surface area contributed by atoms with Crippen LogP contribution in [0, 0.1) is 6.92 Å². The van der Waals surface area contributed by atoms with Crippen LogP contribution in [0.4, 0.5) is 0 Å². The molecule has 0 bridgehead atoms. The van der Waals surface area contributed by atoms with Crippen molar-refractivity contribution in [3.05, 3.63) is 17.5 Å². The molecule has 13 heavy (non-hydrogen) atoms. The predicted octanol–water partition coefficient (Wildman–Crippen LogP) is 1.27. The summed E-state index contributed by atoms with van der Waals surface area (Å²) in [5.41, 5.74) is 2.41. The molecular formula is C10H19N3. The van der Waals surface area contributed by atoms with Gasteiger partial charge in [-0.1, -0.05) is 6.92 Å². The summed E-state index contributed by atoms with van der Waals surface area (Å²) in [5, 5.41) is 7.68. The molecule has 0 aliphatic heterocycles. The Balaban J connectivity index is 2.32. The van der Waals surface area contributed by atoms with Gasteiger partial charge in [0, 0.05) is 25.7 Å². The minimum Gasteiger partial charge on any atom is -0.316 e. The number of nitrogens with one attached hydrogen (secondary N) is 1. The third-order valence-electron chi connectivity index (χ3n) is 2.08. The molecule has 0 radical (unpaired) electrons. The highest BCUT2D eigenvalue weighted by atomic mass is 15.3. The van der Waals surface area contributed by atoms with E-state index in [-0.39, 0.29) is 0 Å². The minimum absolute atomic E-state index is 1.05. The van der Waals surface area contributed by atoms with Crippen molar-refractivity contribution in [2.24, 2.45) is 7.05 Å². The van der Waals surface area contributed by atoms with E-state index in [2.05, 4.69) is 23.4 Å². The molecule has 3 nitrogen and oxygen atoms in total. The third-order valence-corrected chi connectivity index (χ3v) is 2.08. The van der Waals surface area contributed by atoms with Crippen LogP contribution in [0.3, 0.4) is 0 Å². The van der Waals surface area contributed by atoms with Crippen LogP contribution in [0.15, 0.2) is 6.07 Å². The maximum Gasteiger partial charge on any atom is 0.0596 e. The van der Waals surface area contributed by atoms with Crippen LogP contribution >= 0.6 is 0 Å². The van der Waals surface area contributed by atoms with E-state index in [4.69, 9.17) is 0 Å². The van der Waals surface area contributed by atoms with Crippen LogP contribution in [0.25, 0.3) is 0 Å². The summed E-state index contributed by atoms with van der Waals surface area (Å²) in [4.78, 5) is 0. The molecule has 1 rings (SSSR count). The number of nitrogens with zero attached hydrogens (tertiary/aromatic N) is 2. The van der Waals surface area contributed by atoms with Gasteiger partial charge in [0.2, 0.25) is 0 Å². The van der Waals surface area contributed by atoms with Gasteiger partial charge in [0.1, 0.15) is 0 Å². The van der Waals surface area contributed by atoms with Crippen LogP contribution in [0.1, 0.15) is 24.7 Å². The molecule has 3 heteroatoms. The van der Waals surface area contributed by atoms with Gasteiger partial charge in [-0.25, -0.2) is 0 Å². The molecule has 0 saturated heterocycles. The highest BCUT2D eigenvalue weighted by Crippen LogP contribution is 2.01. The lowest BCUT2D eigenvalue weighted by molar-refractivity contribution is 0.635. The lowest BCUT2D eigenvalue weighted by Gasteiger charge is -2.02. The molecule has 1 aromatic heterocycles. The fourth-order valence-electron chi connectivity index (χ4n) is 1.42. The van der Waals surface area contributed by atoms with Crippen LogP contribution in [-0.2, 0) is 13.5 Å². The average Bonchev–Trinajstić information content (AvgIpc) is 2.39. The van der Waals surface area contributed by atoms with Crippen molar-refractivity contribution in [3.63, 3.8) is 0 Å². The van der Waals surface area contributed by atoms with Crippen LogP contribution in [-0.4, -0.2) is 22.9 Å². The molecule has 0 aliphatic carbocycles. The van der Waals surface area contributed by atoms with E-state index in [1.165, 1.54) is 12.1 Å². The van der Waals surface area contributed by atoms with E-state index in [0.29, 0.717) is 0 Å². The van der Waals surface area contributed by atoms with Crippen LogP contribution in [0.5, 0.6) is 0 Å². The molecule has 0 aliphatic rings. The van der Waals surface area contributed by atoms with Gasteiger partial charge in [-0.3, -0.25) is 4.68 Å². The van der Waals surface area contributed by atoms with Gasteiger partial charge in [0.15, 0.2) is 0 Å². The molecule has 1 aromatic rings. The number of rotatable bonds is 5. The number of aryl methyl sites for hydroxylation is 2.